The molecule has 1 aromatic heterocycles. The third-order valence-corrected chi connectivity index (χ3v) is 7.11. The molecule has 1 N–H and O–H groups in total. The summed E-state index contributed by atoms with van der Waals surface area (Å²) in [5.74, 6) is 0.648. The van der Waals surface area contributed by atoms with Crippen LogP contribution in [0, 0.1) is 0 Å². The third kappa shape index (κ3) is 3.44. The minimum atomic E-state index is -3.50. The van der Waals surface area contributed by atoms with E-state index in [4.69, 9.17) is 4.74 Å². The fourth-order valence-corrected chi connectivity index (χ4v) is 5.33. The Labute approximate surface area is 141 Å². The highest BCUT2D eigenvalue weighted by atomic mass is 32.2. The lowest BCUT2D eigenvalue weighted by atomic mass is 9.85. The van der Waals surface area contributed by atoms with Gasteiger partial charge in [-0.25, -0.2) is 13.1 Å². The maximum absolute atomic E-state index is 12.6. The van der Waals surface area contributed by atoms with Crippen molar-refractivity contribution in [3.8, 4) is 5.75 Å². The van der Waals surface area contributed by atoms with Crippen LogP contribution in [0.3, 0.4) is 0 Å². The molecular weight excluding hydrogens is 330 g/mol. The van der Waals surface area contributed by atoms with Crippen LogP contribution in [0.2, 0.25) is 0 Å². The van der Waals surface area contributed by atoms with Gasteiger partial charge in [0.2, 0.25) is 10.0 Å². The lowest BCUT2D eigenvalue weighted by Gasteiger charge is -2.28. The molecule has 124 valence electrons. The van der Waals surface area contributed by atoms with E-state index in [2.05, 4.69) is 16.2 Å². The van der Waals surface area contributed by atoms with Crippen LogP contribution >= 0.6 is 11.3 Å². The fourth-order valence-electron chi connectivity index (χ4n) is 3.21. The first kappa shape index (κ1) is 16.5. The zero-order valence-electron chi connectivity index (χ0n) is 13.1. The van der Waals surface area contributed by atoms with Crippen molar-refractivity contribution < 1.29 is 13.2 Å². The molecule has 0 atom stereocenters. The average molecular weight is 351 g/mol. The van der Waals surface area contributed by atoms with Gasteiger partial charge in [-0.05, 0) is 48.6 Å². The van der Waals surface area contributed by atoms with E-state index in [9.17, 15) is 8.42 Å². The molecule has 6 heteroatoms. The minimum absolute atomic E-state index is 0.0479. The van der Waals surface area contributed by atoms with Gasteiger partial charge in [0.1, 0.15) is 5.75 Å². The van der Waals surface area contributed by atoms with Crippen LogP contribution in [0.25, 0.3) is 0 Å². The van der Waals surface area contributed by atoms with Crippen molar-refractivity contribution in [2.75, 3.05) is 13.7 Å². The highest BCUT2D eigenvalue weighted by molar-refractivity contribution is 7.89. The fraction of sp³-hybridized carbons (Fsp3) is 0.412. The molecule has 3 rings (SSSR count). The molecule has 0 spiro atoms. The van der Waals surface area contributed by atoms with Crippen molar-refractivity contribution >= 4 is 21.4 Å². The summed E-state index contributed by atoms with van der Waals surface area (Å²) < 4.78 is 33.0. The van der Waals surface area contributed by atoms with Crippen molar-refractivity contribution in [1.29, 1.82) is 0 Å². The van der Waals surface area contributed by atoms with Crippen molar-refractivity contribution in [2.45, 2.75) is 36.0 Å². The molecule has 0 bridgehead atoms. The Hall–Kier alpha value is -1.37. The first-order chi connectivity index (χ1) is 11.1. The van der Waals surface area contributed by atoms with Crippen LogP contribution in [0.4, 0.5) is 0 Å². The molecular formula is C17H21NO3S2. The summed E-state index contributed by atoms with van der Waals surface area (Å²) >= 11 is 1.72. The van der Waals surface area contributed by atoms with E-state index in [1.807, 2.05) is 6.07 Å². The Morgan fingerprint density at radius 2 is 1.87 bits per heavy atom. The van der Waals surface area contributed by atoms with E-state index in [0.717, 1.165) is 25.7 Å². The maximum Gasteiger partial charge on any atom is 0.240 e. The second kappa shape index (κ2) is 6.63. The van der Waals surface area contributed by atoms with Gasteiger partial charge in [-0.15, -0.1) is 11.3 Å². The molecule has 0 aliphatic heterocycles. The van der Waals surface area contributed by atoms with Crippen LogP contribution in [0.5, 0.6) is 5.75 Å². The summed E-state index contributed by atoms with van der Waals surface area (Å²) in [6.07, 6.45) is 4.39. The number of methoxy groups -OCH3 is 1. The second-order valence-electron chi connectivity index (χ2n) is 5.96. The quantitative estimate of drug-likeness (QED) is 0.866. The first-order valence-electron chi connectivity index (χ1n) is 7.73. The van der Waals surface area contributed by atoms with Crippen LogP contribution in [-0.2, 0) is 15.4 Å². The van der Waals surface area contributed by atoms with Gasteiger partial charge in [0.15, 0.2) is 0 Å². The average Bonchev–Trinajstić information content (AvgIpc) is 3.25. The molecule has 0 unspecified atom stereocenters. The van der Waals surface area contributed by atoms with Crippen molar-refractivity contribution in [1.82, 2.24) is 4.72 Å². The predicted octanol–water partition coefficient (Wildman–Crippen LogP) is 3.55. The lowest BCUT2D eigenvalue weighted by molar-refractivity contribution is 0.414. The van der Waals surface area contributed by atoms with E-state index in [1.165, 1.54) is 4.88 Å². The summed E-state index contributed by atoms with van der Waals surface area (Å²) in [5.41, 5.74) is -0.0479. The Kier molecular flexibility index (Phi) is 4.75. The van der Waals surface area contributed by atoms with Gasteiger partial charge in [0.25, 0.3) is 0 Å². The Balaban J connectivity index is 1.77. The van der Waals surface area contributed by atoms with Crippen molar-refractivity contribution in [3.05, 3.63) is 46.7 Å². The minimum Gasteiger partial charge on any atom is -0.497 e. The molecule has 1 aliphatic rings. The van der Waals surface area contributed by atoms with Gasteiger partial charge in [0.05, 0.1) is 12.0 Å². The zero-order valence-corrected chi connectivity index (χ0v) is 14.8. The molecule has 1 saturated carbocycles. The molecule has 0 saturated heterocycles. The lowest BCUT2D eigenvalue weighted by Crippen LogP contribution is -2.38. The number of hydrogen-bond donors (Lipinski definition) is 1. The van der Waals surface area contributed by atoms with Crippen LogP contribution in [0.15, 0.2) is 46.7 Å². The summed E-state index contributed by atoms with van der Waals surface area (Å²) in [6, 6.07) is 10.6. The van der Waals surface area contributed by atoms with E-state index in [-0.39, 0.29) is 10.3 Å². The van der Waals surface area contributed by atoms with Crippen LogP contribution in [0.1, 0.15) is 30.6 Å². The van der Waals surface area contributed by atoms with Crippen LogP contribution < -0.4 is 9.46 Å². The van der Waals surface area contributed by atoms with Crippen LogP contribution in [-0.4, -0.2) is 22.1 Å². The topological polar surface area (TPSA) is 55.4 Å². The Morgan fingerprint density at radius 3 is 2.43 bits per heavy atom. The SMILES string of the molecule is COc1ccc(S(=O)(=O)NCC2(c3cccs3)CCCC2)cc1. The van der Waals surface area contributed by atoms with Gasteiger partial charge >= 0.3 is 0 Å². The normalized spacial score (nSPS) is 17.3. The molecule has 2 aromatic rings. The zero-order chi connectivity index (χ0) is 16.3. The molecule has 1 fully saturated rings. The molecule has 4 nitrogen and oxygen atoms in total. The molecule has 23 heavy (non-hydrogen) atoms. The molecule has 1 aromatic carbocycles. The third-order valence-electron chi connectivity index (χ3n) is 4.57. The number of thiophene rings is 1. The molecule has 0 radical (unpaired) electrons. The maximum atomic E-state index is 12.6. The highest BCUT2D eigenvalue weighted by Gasteiger charge is 2.37. The summed E-state index contributed by atoms with van der Waals surface area (Å²) in [4.78, 5) is 1.56. The number of sulfonamides is 1. The number of ether oxygens (including phenoxy) is 1. The van der Waals surface area contributed by atoms with Gasteiger partial charge in [0, 0.05) is 16.8 Å². The van der Waals surface area contributed by atoms with Gasteiger partial charge in [-0.1, -0.05) is 18.9 Å². The summed E-state index contributed by atoms with van der Waals surface area (Å²) in [7, 11) is -1.94. The van der Waals surface area contributed by atoms with E-state index in [0.29, 0.717) is 12.3 Å². The van der Waals surface area contributed by atoms with E-state index >= 15 is 0 Å². The number of hydrogen-bond acceptors (Lipinski definition) is 4. The Morgan fingerprint density at radius 1 is 1.17 bits per heavy atom. The van der Waals surface area contributed by atoms with E-state index in [1.54, 1.807) is 42.7 Å². The number of rotatable bonds is 6. The Bertz CT molecular complexity index is 731. The first-order valence-corrected chi connectivity index (χ1v) is 10.1. The summed E-state index contributed by atoms with van der Waals surface area (Å²) in [5, 5.41) is 2.06. The van der Waals surface area contributed by atoms with Crippen molar-refractivity contribution in [2.24, 2.45) is 0 Å². The standard InChI is InChI=1S/C17H21NO3S2/c1-21-14-6-8-15(9-7-14)23(19,20)18-13-17(10-2-3-11-17)16-5-4-12-22-16/h4-9,12,18H,2-3,10-11,13H2,1H3. The molecule has 1 aliphatic carbocycles. The predicted molar refractivity (Wildman–Crippen MR) is 92.6 cm³/mol. The second-order valence-corrected chi connectivity index (χ2v) is 8.68. The monoisotopic (exact) mass is 351 g/mol. The largest absolute Gasteiger partial charge is 0.497 e. The van der Waals surface area contributed by atoms with E-state index < -0.39 is 10.0 Å². The number of nitrogens with one attached hydrogen (secondary N) is 1. The smallest absolute Gasteiger partial charge is 0.240 e. The van der Waals surface area contributed by atoms with Gasteiger partial charge in [-0.2, -0.15) is 0 Å². The van der Waals surface area contributed by atoms with Gasteiger partial charge in [-0.3, -0.25) is 0 Å². The van der Waals surface area contributed by atoms with Gasteiger partial charge < -0.3 is 4.74 Å². The van der Waals surface area contributed by atoms with Crippen molar-refractivity contribution in [3.63, 3.8) is 0 Å². The summed E-state index contributed by atoms with van der Waals surface area (Å²) in [6.45, 7) is 0.460. The molecule has 0 amide bonds. The molecule has 1 heterocycles. The highest BCUT2D eigenvalue weighted by Crippen LogP contribution is 2.42. The number of benzene rings is 1.